The zero-order chi connectivity index (χ0) is 15.9. The lowest BCUT2D eigenvalue weighted by Gasteiger charge is -2.24. The van der Waals surface area contributed by atoms with Gasteiger partial charge in [-0.2, -0.15) is 0 Å². The van der Waals surface area contributed by atoms with E-state index in [-0.39, 0.29) is 5.92 Å². The first-order chi connectivity index (χ1) is 10.5. The molecule has 3 rings (SSSR count). The van der Waals surface area contributed by atoms with Gasteiger partial charge in [0.1, 0.15) is 0 Å². The Hall–Kier alpha value is -1.94. The molecule has 3 N–H and O–H groups in total. The number of hydrogen-bond donors (Lipinski definition) is 2. The number of guanidine groups is 1. The van der Waals surface area contributed by atoms with Gasteiger partial charge in [-0.3, -0.25) is 4.72 Å². The third-order valence-corrected chi connectivity index (χ3v) is 5.08. The summed E-state index contributed by atoms with van der Waals surface area (Å²) in [5, 5.41) is 0. The van der Waals surface area contributed by atoms with Crippen LogP contribution < -0.4 is 10.5 Å². The van der Waals surface area contributed by atoms with E-state index in [4.69, 9.17) is 5.73 Å². The zero-order valence-corrected chi connectivity index (χ0v) is 14.2. The molecule has 0 aromatic heterocycles. The van der Waals surface area contributed by atoms with Gasteiger partial charge in [-0.05, 0) is 61.0 Å². The Morgan fingerprint density at radius 2 is 1.86 bits per heavy atom. The van der Waals surface area contributed by atoms with Crippen molar-refractivity contribution in [2.24, 2.45) is 10.7 Å². The van der Waals surface area contributed by atoms with Gasteiger partial charge < -0.3 is 5.73 Å². The molecular formula is C18H21N3S. The van der Waals surface area contributed by atoms with Crippen molar-refractivity contribution in [1.82, 2.24) is 4.72 Å². The predicted molar refractivity (Wildman–Crippen MR) is 94.9 cm³/mol. The highest BCUT2D eigenvalue weighted by molar-refractivity contribution is 7.98. The van der Waals surface area contributed by atoms with Gasteiger partial charge in [-0.1, -0.05) is 36.8 Å². The summed E-state index contributed by atoms with van der Waals surface area (Å²) in [6, 6.07) is 10.9. The van der Waals surface area contributed by atoms with E-state index in [0.717, 1.165) is 10.6 Å². The second kappa shape index (κ2) is 5.69. The Morgan fingerprint density at radius 1 is 1.09 bits per heavy atom. The van der Waals surface area contributed by atoms with Gasteiger partial charge in [-0.25, -0.2) is 4.99 Å². The minimum Gasteiger partial charge on any atom is -0.369 e. The quantitative estimate of drug-likeness (QED) is 0.812. The maximum Gasteiger partial charge on any atom is 0.204 e. The summed E-state index contributed by atoms with van der Waals surface area (Å²) in [6.07, 6.45) is 0. The van der Waals surface area contributed by atoms with Crippen LogP contribution in [0.5, 0.6) is 0 Å². The number of fused-ring (bicyclic) bond motifs is 1. The van der Waals surface area contributed by atoms with Crippen molar-refractivity contribution >= 4 is 23.6 Å². The molecule has 0 saturated carbocycles. The van der Waals surface area contributed by atoms with Crippen LogP contribution in [0.15, 0.2) is 40.2 Å². The Bertz CT molecular complexity index is 765. The fourth-order valence-corrected chi connectivity index (χ4v) is 3.80. The predicted octanol–water partition coefficient (Wildman–Crippen LogP) is 4.32. The van der Waals surface area contributed by atoms with Gasteiger partial charge in [0.05, 0.1) is 10.6 Å². The highest BCUT2D eigenvalue weighted by Crippen LogP contribution is 2.42. The fourth-order valence-electron chi connectivity index (χ4n) is 3.15. The van der Waals surface area contributed by atoms with Crippen LogP contribution in [0.3, 0.4) is 0 Å². The molecule has 22 heavy (non-hydrogen) atoms. The average Bonchev–Trinajstić information content (AvgIpc) is 2.46. The van der Waals surface area contributed by atoms with Crippen LogP contribution in [-0.2, 0) is 0 Å². The number of hydrogen-bond acceptors (Lipinski definition) is 4. The Labute approximate surface area is 136 Å². The molecule has 1 aliphatic rings. The van der Waals surface area contributed by atoms with Crippen LogP contribution in [-0.4, -0.2) is 5.96 Å². The van der Waals surface area contributed by atoms with Crippen molar-refractivity contribution < 1.29 is 0 Å². The second-order valence-electron chi connectivity index (χ2n) is 5.93. The summed E-state index contributed by atoms with van der Waals surface area (Å²) in [7, 11) is 0. The molecule has 0 fully saturated rings. The summed E-state index contributed by atoms with van der Waals surface area (Å²) in [6.45, 7) is 8.70. The summed E-state index contributed by atoms with van der Waals surface area (Å²) in [5.41, 5.74) is 13.4. The minimum absolute atomic E-state index is 0.283. The van der Waals surface area contributed by atoms with Crippen molar-refractivity contribution in [2.75, 3.05) is 0 Å². The van der Waals surface area contributed by atoms with Gasteiger partial charge in [0, 0.05) is 5.92 Å². The molecule has 1 aliphatic heterocycles. The first-order valence-electron chi connectivity index (χ1n) is 7.45. The van der Waals surface area contributed by atoms with Crippen LogP contribution in [0, 0.1) is 20.8 Å². The first-order valence-corrected chi connectivity index (χ1v) is 8.26. The van der Waals surface area contributed by atoms with Crippen molar-refractivity contribution in [3.8, 4) is 0 Å². The molecule has 2 aromatic rings. The van der Waals surface area contributed by atoms with Crippen LogP contribution in [0.25, 0.3) is 0 Å². The van der Waals surface area contributed by atoms with E-state index in [9.17, 15) is 0 Å². The van der Waals surface area contributed by atoms with Crippen molar-refractivity contribution in [3.05, 3.63) is 58.1 Å². The highest BCUT2D eigenvalue weighted by atomic mass is 32.2. The largest absolute Gasteiger partial charge is 0.369 e. The molecule has 1 unspecified atom stereocenters. The van der Waals surface area contributed by atoms with Crippen LogP contribution in [0.1, 0.15) is 40.7 Å². The molecular weight excluding hydrogens is 290 g/mol. The molecule has 4 heteroatoms. The molecule has 0 bridgehead atoms. The van der Waals surface area contributed by atoms with E-state index in [1.54, 1.807) is 0 Å². The molecule has 114 valence electrons. The van der Waals surface area contributed by atoms with Gasteiger partial charge in [0.15, 0.2) is 0 Å². The van der Waals surface area contributed by atoms with Gasteiger partial charge >= 0.3 is 0 Å². The SMILES string of the molecule is Cc1ccc(C(C)c2c(C)ccc3c2N=C(N)NS3)c(C)c1. The molecule has 2 aromatic carbocycles. The summed E-state index contributed by atoms with van der Waals surface area (Å²) in [5.74, 6) is 0.753. The highest BCUT2D eigenvalue weighted by Gasteiger charge is 2.22. The molecule has 0 aliphatic carbocycles. The molecule has 0 amide bonds. The third kappa shape index (κ3) is 2.59. The number of nitrogens with one attached hydrogen (secondary N) is 1. The van der Waals surface area contributed by atoms with Crippen molar-refractivity contribution in [1.29, 1.82) is 0 Å². The van der Waals surface area contributed by atoms with E-state index < -0.39 is 0 Å². The first kappa shape index (κ1) is 15.0. The average molecular weight is 311 g/mol. The molecule has 1 atom stereocenters. The lowest BCUT2D eigenvalue weighted by Crippen LogP contribution is -2.27. The van der Waals surface area contributed by atoms with Crippen LogP contribution in [0.2, 0.25) is 0 Å². The number of rotatable bonds is 2. The zero-order valence-electron chi connectivity index (χ0n) is 13.4. The Balaban J connectivity index is 2.16. The number of aliphatic imine (C=N–C) groups is 1. The molecule has 0 radical (unpaired) electrons. The molecule has 3 nitrogen and oxygen atoms in total. The summed E-state index contributed by atoms with van der Waals surface area (Å²) >= 11 is 1.53. The minimum atomic E-state index is 0.283. The number of nitrogens with two attached hydrogens (primary N) is 1. The van der Waals surface area contributed by atoms with E-state index >= 15 is 0 Å². The second-order valence-corrected chi connectivity index (χ2v) is 6.77. The van der Waals surface area contributed by atoms with E-state index in [1.165, 1.54) is 39.8 Å². The topological polar surface area (TPSA) is 50.4 Å². The third-order valence-electron chi connectivity index (χ3n) is 4.22. The Kier molecular flexibility index (Phi) is 3.87. The smallest absolute Gasteiger partial charge is 0.204 e. The van der Waals surface area contributed by atoms with Crippen molar-refractivity contribution in [3.63, 3.8) is 0 Å². The van der Waals surface area contributed by atoms with Gasteiger partial charge in [0.2, 0.25) is 5.96 Å². The number of benzene rings is 2. The van der Waals surface area contributed by atoms with E-state index in [1.807, 2.05) is 0 Å². The summed E-state index contributed by atoms with van der Waals surface area (Å²) in [4.78, 5) is 5.69. The maximum absolute atomic E-state index is 5.88. The lowest BCUT2D eigenvalue weighted by molar-refractivity contribution is 0.890. The molecule has 1 heterocycles. The van der Waals surface area contributed by atoms with Crippen molar-refractivity contribution in [2.45, 2.75) is 38.5 Å². The number of aryl methyl sites for hydroxylation is 3. The van der Waals surface area contributed by atoms with Gasteiger partial charge in [-0.15, -0.1) is 0 Å². The normalized spacial score (nSPS) is 14.8. The van der Waals surface area contributed by atoms with Gasteiger partial charge in [0.25, 0.3) is 0 Å². The molecule has 0 spiro atoms. The fraction of sp³-hybridized carbons (Fsp3) is 0.278. The Morgan fingerprint density at radius 3 is 2.59 bits per heavy atom. The van der Waals surface area contributed by atoms with Crippen LogP contribution in [0.4, 0.5) is 5.69 Å². The summed E-state index contributed by atoms with van der Waals surface area (Å²) < 4.78 is 3.03. The maximum atomic E-state index is 5.88. The monoisotopic (exact) mass is 311 g/mol. The van der Waals surface area contributed by atoms with E-state index in [0.29, 0.717) is 5.96 Å². The van der Waals surface area contributed by atoms with E-state index in [2.05, 4.69) is 67.7 Å². The standard InChI is InChI=1S/C18H21N3S/c1-10-5-7-14(12(3)9-10)13(4)16-11(2)6-8-15-17(16)20-18(19)21-22-15/h5-9,13H,1-4H3,(H3,19,20,21). The van der Waals surface area contributed by atoms with Crippen LogP contribution >= 0.6 is 11.9 Å². The lowest BCUT2D eigenvalue weighted by atomic mass is 9.86. The number of nitrogens with zero attached hydrogens (tertiary/aromatic N) is 1. The molecule has 0 saturated heterocycles.